The van der Waals surface area contributed by atoms with Gasteiger partial charge in [0, 0.05) is 13.1 Å². The van der Waals surface area contributed by atoms with Gasteiger partial charge in [0.1, 0.15) is 11.5 Å². The molecule has 3 rings (SSSR count). The summed E-state index contributed by atoms with van der Waals surface area (Å²) >= 11 is 0. The van der Waals surface area contributed by atoms with E-state index in [2.05, 4.69) is 27.8 Å². The molecule has 27 heavy (non-hydrogen) atoms. The maximum absolute atomic E-state index is 13.6. The van der Waals surface area contributed by atoms with Gasteiger partial charge in [-0.25, -0.2) is 9.37 Å². The van der Waals surface area contributed by atoms with Crippen LogP contribution in [0.15, 0.2) is 72.9 Å². The molecular weight excluding hydrogens is 341 g/mol. The van der Waals surface area contributed by atoms with E-state index in [9.17, 15) is 9.18 Å². The molecule has 0 radical (unpaired) electrons. The van der Waals surface area contributed by atoms with Crippen molar-refractivity contribution in [2.45, 2.75) is 12.8 Å². The molecule has 1 heterocycles. The molecule has 2 N–H and O–H groups in total. The minimum atomic E-state index is -0.262. The molecule has 0 aliphatic rings. The lowest BCUT2D eigenvalue weighted by Gasteiger charge is -2.08. The van der Waals surface area contributed by atoms with Gasteiger partial charge in [0.2, 0.25) is 0 Å². The van der Waals surface area contributed by atoms with E-state index in [1.165, 1.54) is 11.6 Å². The molecule has 5 heteroatoms. The maximum Gasteiger partial charge on any atom is 0.269 e. The van der Waals surface area contributed by atoms with Gasteiger partial charge in [0.05, 0.1) is 11.9 Å². The Bertz CT molecular complexity index is 866. The monoisotopic (exact) mass is 363 g/mol. The topological polar surface area (TPSA) is 54.0 Å². The van der Waals surface area contributed by atoms with Crippen molar-refractivity contribution in [2.75, 3.05) is 18.4 Å². The van der Waals surface area contributed by atoms with Crippen molar-refractivity contribution in [3.8, 4) is 0 Å². The van der Waals surface area contributed by atoms with Crippen LogP contribution in [0.25, 0.3) is 0 Å². The average Bonchev–Trinajstić information content (AvgIpc) is 2.71. The number of nitrogens with one attached hydrogen (secondary N) is 2. The Labute approximate surface area is 158 Å². The second kappa shape index (κ2) is 9.48. The quantitative estimate of drug-likeness (QED) is 0.639. The lowest BCUT2D eigenvalue weighted by atomic mass is 10.1. The zero-order valence-electron chi connectivity index (χ0n) is 15.0. The zero-order valence-corrected chi connectivity index (χ0v) is 15.0. The summed E-state index contributed by atoms with van der Waals surface area (Å²) in [5.41, 5.74) is 3.07. The normalized spacial score (nSPS) is 10.4. The van der Waals surface area contributed by atoms with Crippen molar-refractivity contribution in [1.29, 1.82) is 0 Å². The average molecular weight is 363 g/mol. The summed E-state index contributed by atoms with van der Waals surface area (Å²) in [5.74, 6) is -0.516. The Morgan fingerprint density at radius 1 is 0.889 bits per heavy atom. The highest BCUT2D eigenvalue weighted by molar-refractivity contribution is 5.92. The molecule has 0 spiro atoms. The van der Waals surface area contributed by atoms with Gasteiger partial charge in [0.25, 0.3) is 5.91 Å². The number of pyridine rings is 1. The van der Waals surface area contributed by atoms with Crippen molar-refractivity contribution >= 4 is 11.6 Å². The summed E-state index contributed by atoms with van der Waals surface area (Å²) in [6.45, 7) is 1.15. The molecule has 138 valence electrons. The smallest absolute Gasteiger partial charge is 0.269 e. The largest absolute Gasteiger partial charge is 0.383 e. The molecule has 0 aliphatic carbocycles. The molecule has 0 saturated carbocycles. The van der Waals surface area contributed by atoms with Crippen molar-refractivity contribution in [3.05, 3.63) is 95.6 Å². The van der Waals surface area contributed by atoms with E-state index in [4.69, 9.17) is 0 Å². The number of amides is 1. The number of halogens is 1. The first-order valence-electron chi connectivity index (χ1n) is 8.98. The minimum Gasteiger partial charge on any atom is -0.383 e. The van der Waals surface area contributed by atoms with Crippen LogP contribution in [0, 0.1) is 5.82 Å². The molecule has 0 unspecified atom stereocenters. The summed E-state index contributed by atoms with van der Waals surface area (Å²) in [4.78, 5) is 16.3. The fraction of sp³-hybridized carbons (Fsp3) is 0.182. The molecule has 1 aromatic heterocycles. The number of hydrogen-bond donors (Lipinski definition) is 2. The summed E-state index contributed by atoms with van der Waals surface area (Å²) in [6, 6.07) is 20.3. The van der Waals surface area contributed by atoms with Gasteiger partial charge in [-0.3, -0.25) is 4.79 Å². The van der Waals surface area contributed by atoms with Crippen LogP contribution >= 0.6 is 0 Å². The standard InChI is InChI=1S/C22H22FN3O/c23-20-9-5-4-8-18(20)13-15-25-22(27)21-11-10-19(16-26-21)24-14-12-17-6-2-1-3-7-17/h1-11,16,24H,12-15H2,(H,25,27). The van der Waals surface area contributed by atoms with E-state index in [-0.39, 0.29) is 11.7 Å². The molecule has 0 aliphatic heterocycles. The Morgan fingerprint density at radius 3 is 2.41 bits per heavy atom. The van der Waals surface area contributed by atoms with Gasteiger partial charge in [0.15, 0.2) is 0 Å². The lowest BCUT2D eigenvalue weighted by Crippen LogP contribution is -2.26. The summed E-state index contributed by atoms with van der Waals surface area (Å²) in [6.07, 6.45) is 3.01. The number of anilines is 1. The number of carbonyl (C=O) groups excluding carboxylic acids is 1. The van der Waals surface area contributed by atoms with Crippen molar-refractivity contribution in [1.82, 2.24) is 10.3 Å². The van der Waals surface area contributed by atoms with Gasteiger partial charge in [-0.05, 0) is 42.2 Å². The fourth-order valence-electron chi connectivity index (χ4n) is 2.73. The Kier molecular flexibility index (Phi) is 6.52. The molecule has 1 amide bonds. The highest BCUT2D eigenvalue weighted by Gasteiger charge is 2.07. The molecule has 4 nitrogen and oxygen atoms in total. The fourth-order valence-corrected chi connectivity index (χ4v) is 2.73. The van der Waals surface area contributed by atoms with Crippen molar-refractivity contribution in [2.24, 2.45) is 0 Å². The van der Waals surface area contributed by atoms with Gasteiger partial charge in [-0.2, -0.15) is 0 Å². The second-order valence-electron chi connectivity index (χ2n) is 6.19. The zero-order chi connectivity index (χ0) is 18.9. The van der Waals surface area contributed by atoms with E-state index in [1.54, 1.807) is 30.5 Å². The highest BCUT2D eigenvalue weighted by atomic mass is 19.1. The Balaban J connectivity index is 1.43. The Morgan fingerprint density at radius 2 is 1.67 bits per heavy atom. The van der Waals surface area contributed by atoms with E-state index < -0.39 is 0 Å². The SMILES string of the molecule is O=C(NCCc1ccccc1F)c1ccc(NCCc2ccccc2)cn1. The van der Waals surface area contributed by atoms with Crippen LogP contribution in [0.5, 0.6) is 0 Å². The number of aromatic nitrogens is 1. The molecule has 0 fully saturated rings. The predicted molar refractivity (Wildman–Crippen MR) is 105 cm³/mol. The van der Waals surface area contributed by atoms with E-state index >= 15 is 0 Å². The van der Waals surface area contributed by atoms with Gasteiger partial charge >= 0.3 is 0 Å². The van der Waals surface area contributed by atoms with Crippen LogP contribution in [0.2, 0.25) is 0 Å². The predicted octanol–water partition coefficient (Wildman–Crippen LogP) is 3.85. The molecule has 0 bridgehead atoms. The lowest BCUT2D eigenvalue weighted by molar-refractivity contribution is 0.0949. The molecule has 0 atom stereocenters. The van der Waals surface area contributed by atoms with Gasteiger partial charge in [-0.1, -0.05) is 48.5 Å². The van der Waals surface area contributed by atoms with Crippen LogP contribution < -0.4 is 10.6 Å². The van der Waals surface area contributed by atoms with E-state index in [1.807, 2.05) is 24.3 Å². The third-order valence-corrected chi connectivity index (χ3v) is 4.22. The third-order valence-electron chi connectivity index (χ3n) is 4.22. The second-order valence-corrected chi connectivity index (χ2v) is 6.19. The summed E-state index contributed by atoms with van der Waals surface area (Å²) in [5, 5.41) is 6.06. The first-order chi connectivity index (χ1) is 13.2. The number of hydrogen-bond acceptors (Lipinski definition) is 3. The molecule has 2 aromatic carbocycles. The van der Waals surface area contributed by atoms with Crippen molar-refractivity contribution < 1.29 is 9.18 Å². The third kappa shape index (κ3) is 5.64. The molecule has 3 aromatic rings. The molecule has 0 saturated heterocycles. The van der Waals surface area contributed by atoms with Crippen LogP contribution in [-0.2, 0) is 12.8 Å². The highest BCUT2D eigenvalue weighted by Crippen LogP contribution is 2.08. The first-order valence-corrected chi connectivity index (χ1v) is 8.98. The van der Waals surface area contributed by atoms with Crippen LogP contribution in [0.3, 0.4) is 0 Å². The summed E-state index contributed by atoms with van der Waals surface area (Å²) in [7, 11) is 0. The van der Waals surface area contributed by atoms with Crippen LogP contribution in [0.1, 0.15) is 21.6 Å². The minimum absolute atomic E-state index is 0.254. The number of benzene rings is 2. The Hall–Kier alpha value is -3.21. The van der Waals surface area contributed by atoms with Crippen LogP contribution in [-0.4, -0.2) is 24.0 Å². The molecular formula is C22H22FN3O. The maximum atomic E-state index is 13.6. The summed E-state index contributed by atoms with van der Waals surface area (Å²) < 4.78 is 13.6. The number of rotatable bonds is 8. The van der Waals surface area contributed by atoms with Crippen LogP contribution in [0.4, 0.5) is 10.1 Å². The number of carbonyl (C=O) groups is 1. The van der Waals surface area contributed by atoms with Crippen molar-refractivity contribution in [3.63, 3.8) is 0 Å². The van der Waals surface area contributed by atoms with Gasteiger partial charge in [-0.15, -0.1) is 0 Å². The van der Waals surface area contributed by atoms with Gasteiger partial charge < -0.3 is 10.6 Å². The van der Waals surface area contributed by atoms with E-state index in [0.29, 0.717) is 24.2 Å². The van der Waals surface area contributed by atoms with E-state index in [0.717, 1.165) is 18.7 Å². The number of nitrogens with zero attached hydrogens (tertiary/aromatic N) is 1. The first kappa shape index (κ1) is 18.6.